The van der Waals surface area contributed by atoms with Crippen molar-refractivity contribution in [1.82, 2.24) is 0 Å². The van der Waals surface area contributed by atoms with Gasteiger partial charge in [0, 0.05) is 0 Å². The van der Waals surface area contributed by atoms with Crippen LogP contribution in [0.2, 0.25) is 0 Å². The van der Waals surface area contributed by atoms with Crippen LogP contribution in [0.4, 0.5) is 0 Å². The first-order valence-corrected chi connectivity index (χ1v) is 8.04. The Morgan fingerprint density at radius 3 is 2.44 bits per heavy atom. The van der Waals surface area contributed by atoms with E-state index < -0.39 is 15.1 Å². The van der Waals surface area contributed by atoms with Crippen LogP contribution >= 0.6 is 11.3 Å². The van der Waals surface area contributed by atoms with Crippen molar-refractivity contribution in [3.05, 3.63) is 59.5 Å². The maximum absolute atomic E-state index is 12.2. The molecule has 2 aromatic rings. The lowest BCUT2D eigenvalue weighted by Gasteiger charge is -2.06. The Morgan fingerprint density at radius 1 is 1.11 bits per heavy atom. The molecule has 0 aliphatic rings. The van der Waals surface area contributed by atoms with Crippen LogP contribution in [-0.4, -0.2) is 13.7 Å². The van der Waals surface area contributed by atoms with Gasteiger partial charge >= 0.3 is 0 Å². The molecule has 18 heavy (non-hydrogen) atoms. The van der Waals surface area contributed by atoms with Crippen molar-refractivity contribution in [3.63, 3.8) is 0 Å². The number of rotatable bonds is 4. The smallest absolute Gasteiger partial charge is 0.193 e. The molecular weight excluding hydrogens is 264 g/mol. The Morgan fingerprint density at radius 2 is 1.83 bits per heavy atom. The SMILES string of the molecule is C[C@H](/C=C/c1ccccc1)S(=O)(=O)c1cccs1. The van der Waals surface area contributed by atoms with E-state index in [1.54, 1.807) is 30.5 Å². The minimum Gasteiger partial charge on any atom is -0.222 e. The van der Waals surface area contributed by atoms with Gasteiger partial charge in [-0.1, -0.05) is 48.6 Å². The fourth-order valence-electron chi connectivity index (χ4n) is 1.52. The Bertz CT molecular complexity index is 611. The minimum absolute atomic E-state index is 0.424. The van der Waals surface area contributed by atoms with Gasteiger partial charge in [-0.2, -0.15) is 0 Å². The molecular formula is C14H14O2S2. The molecule has 1 heterocycles. The van der Waals surface area contributed by atoms with Crippen molar-refractivity contribution in [2.24, 2.45) is 0 Å². The molecule has 0 radical (unpaired) electrons. The summed E-state index contributed by atoms with van der Waals surface area (Å²) < 4.78 is 24.8. The van der Waals surface area contributed by atoms with Gasteiger partial charge in [0.25, 0.3) is 0 Å². The van der Waals surface area contributed by atoms with E-state index in [4.69, 9.17) is 0 Å². The maximum Gasteiger partial charge on any atom is 0.193 e. The van der Waals surface area contributed by atoms with Gasteiger partial charge in [-0.15, -0.1) is 11.3 Å². The molecule has 0 unspecified atom stereocenters. The maximum atomic E-state index is 12.2. The van der Waals surface area contributed by atoms with Crippen molar-refractivity contribution >= 4 is 27.3 Å². The van der Waals surface area contributed by atoms with Crippen molar-refractivity contribution < 1.29 is 8.42 Å². The molecule has 2 nitrogen and oxygen atoms in total. The van der Waals surface area contributed by atoms with Crippen molar-refractivity contribution in [2.75, 3.05) is 0 Å². The van der Waals surface area contributed by atoms with E-state index in [2.05, 4.69) is 0 Å². The van der Waals surface area contributed by atoms with Crippen LogP contribution in [0, 0.1) is 0 Å². The summed E-state index contributed by atoms with van der Waals surface area (Å²) in [6, 6.07) is 13.1. The van der Waals surface area contributed by atoms with E-state index in [0.29, 0.717) is 4.21 Å². The molecule has 4 heteroatoms. The van der Waals surface area contributed by atoms with Crippen LogP contribution < -0.4 is 0 Å². The highest BCUT2D eigenvalue weighted by Gasteiger charge is 2.21. The highest BCUT2D eigenvalue weighted by Crippen LogP contribution is 2.22. The second kappa shape index (κ2) is 5.50. The predicted octanol–water partition coefficient (Wildman–Crippen LogP) is 3.62. The number of sulfone groups is 1. The quantitative estimate of drug-likeness (QED) is 0.856. The van der Waals surface area contributed by atoms with E-state index in [-0.39, 0.29) is 0 Å². The molecule has 1 atom stereocenters. The van der Waals surface area contributed by atoms with Crippen molar-refractivity contribution in [2.45, 2.75) is 16.4 Å². The second-order valence-corrected chi connectivity index (χ2v) is 7.43. The van der Waals surface area contributed by atoms with Gasteiger partial charge in [0.2, 0.25) is 0 Å². The fourth-order valence-corrected chi connectivity index (χ4v) is 4.05. The molecule has 0 amide bonds. The summed E-state index contributed by atoms with van der Waals surface area (Å²) in [4.78, 5) is 0. The van der Waals surface area contributed by atoms with Crippen molar-refractivity contribution in [3.8, 4) is 0 Å². The van der Waals surface area contributed by atoms with Gasteiger partial charge in [0.1, 0.15) is 4.21 Å². The Labute approximate surface area is 112 Å². The standard InChI is InChI=1S/C14H14O2S2/c1-12(9-10-13-6-3-2-4-7-13)18(15,16)14-8-5-11-17-14/h2-12H,1H3/b10-9+/t12-/m1/s1. The Kier molecular flexibility index (Phi) is 3.99. The normalized spacial score (nSPS) is 13.8. The third kappa shape index (κ3) is 2.89. The lowest BCUT2D eigenvalue weighted by molar-refractivity contribution is 0.593. The number of hydrogen-bond donors (Lipinski definition) is 0. The fraction of sp³-hybridized carbons (Fsp3) is 0.143. The summed E-state index contributed by atoms with van der Waals surface area (Å²) in [5.41, 5.74) is 1.01. The monoisotopic (exact) mass is 278 g/mol. The van der Waals surface area contributed by atoms with Crippen LogP contribution in [-0.2, 0) is 9.84 Å². The molecule has 0 aliphatic carbocycles. The summed E-state index contributed by atoms with van der Waals surface area (Å²) in [7, 11) is -3.23. The largest absolute Gasteiger partial charge is 0.222 e. The molecule has 1 aromatic heterocycles. The van der Waals surface area contributed by atoms with Gasteiger partial charge in [-0.05, 0) is 23.9 Å². The van der Waals surface area contributed by atoms with Gasteiger partial charge in [0.15, 0.2) is 9.84 Å². The molecule has 0 saturated heterocycles. The minimum atomic E-state index is -3.23. The zero-order valence-corrected chi connectivity index (χ0v) is 11.6. The van der Waals surface area contributed by atoms with Gasteiger partial charge in [0.05, 0.1) is 5.25 Å². The number of thiophene rings is 1. The average molecular weight is 278 g/mol. The third-order valence-electron chi connectivity index (χ3n) is 2.62. The van der Waals surface area contributed by atoms with E-state index in [9.17, 15) is 8.42 Å². The third-order valence-corrected chi connectivity index (χ3v) is 6.10. The average Bonchev–Trinajstić information content (AvgIpc) is 2.91. The van der Waals surface area contributed by atoms with Crippen LogP contribution in [0.1, 0.15) is 12.5 Å². The molecule has 2 rings (SSSR count). The molecule has 0 aliphatic heterocycles. The van der Waals surface area contributed by atoms with Gasteiger partial charge in [-0.25, -0.2) is 8.42 Å². The summed E-state index contributed by atoms with van der Waals surface area (Å²) in [6.45, 7) is 1.70. The van der Waals surface area contributed by atoms with E-state index in [0.717, 1.165) is 5.56 Å². The first-order chi connectivity index (χ1) is 8.60. The van der Waals surface area contributed by atoms with E-state index in [1.807, 2.05) is 36.4 Å². The highest BCUT2D eigenvalue weighted by atomic mass is 32.2. The van der Waals surface area contributed by atoms with Gasteiger partial charge in [-0.3, -0.25) is 0 Å². The summed E-state index contributed by atoms with van der Waals surface area (Å²) >= 11 is 1.26. The number of hydrogen-bond acceptors (Lipinski definition) is 3. The predicted molar refractivity (Wildman–Crippen MR) is 76.4 cm³/mol. The summed E-state index contributed by atoms with van der Waals surface area (Å²) in [5, 5.41) is 1.26. The second-order valence-electron chi connectivity index (χ2n) is 3.95. The van der Waals surface area contributed by atoms with Gasteiger partial charge < -0.3 is 0 Å². The first-order valence-electron chi connectivity index (χ1n) is 5.61. The molecule has 0 spiro atoms. The summed E-state index contributed by atoms with van der Waals surface area (Å²) in [6.07, 6.45) is 3.57. The first kappa shape index (κ1) is 13.1. The Hall–Kier alpha value is -1.39. The molecule has 1 aromatic carbocycles. The molecule has 0 bridgehead atoms. The van der Waals surface area contributed by atoms with Crippen LogP contribution in [0.25, 0.3) is 6.08 Å². The molecule has 0 fully saturated rings. The van der Waals surface area contributed by atoms with E-state index in [1.165, 1.54) is 11.3 Å². The zero-order valence-electron chi connectivity index (χ0n) is 9.98. The highest BCUT2D eigenvalue weighted by molar-refractivity contribution is 7.94. The molecule has 94 valence electrons. The zero-order chi connectivity index (χ0) is 13.0. The number of benzene rings is 1. The topological polar surface area (TPSA) is 34.1 Å². The van der Waals surface area contributed by atoms with Crippen LogP contribution in [0.15, 0.2) is 58.1 Å². The van der Waals surface area contributed by atoms with Crippen molar-refractivity contribution in [1.29, 1.82) is 0 Å². The van der Waals surface area contributed by atoms with Crippen LogP contribution in [0.5, 0.6) is 0 Å². The lowest BCUT2D eigenvalue weighted by atomic mass is 10.2. The molecule has 0 saturated carbocycles. The Balaban J connectivity index is 2.18. The summed E-state index contributed by atoms with van der Waals surface area (Å²) in [5.74, 6) is 0. The van der Waals surface area contributed by atoms with Crippen LogP contribution in [0.3, 0.4) is 0 Å². The molecule has 0 N–H and O–H groups in total. The lowest BCUT2D eigenvalue weighted by Crippen LogP contribution is -2.14. The van der Waals surface area contributed by atoms with E-state index >= 15 is 0 Å².